The van der Waals surface area contributed by atoms with Gasteiger partial charge >= 0.3 is 0 Å². The summed E-state index contributed by atoms with van der Waals surface area (Å²) in [6, 6.07) is 59.0. The van der Waals surface area contributed by atoms with Gasteiger partial charge in [-0.1, -0.05) is 146 Å². The summed E-state index contributed by atoms with van der Waals surface area (Å²) in [5, 5.41) is 11.6. The Morgan fingerprint density at radius 1 is 0.326 bits per heavy atom. The Morgan fingerprint density at radius 2 is 0.804 bits per heavy atom. The second kappa shape index (κ2) is 9.75. The molecule has 2 aliphatic rings. The molecule has 1 spiro atoms. The second-order valence-electron chi connectivity index (χ2n) is 12.8. The van der Waals surface area contributed by atoms with Crippen LogP contribution >= 0.6 is 0 Å². The number of hydrogen-bond acceptors (Lipinski definition) is 1. The van der Waals surface area contributed by atoms with Crippen LogP contribution in [0.5, 0.6) is 0 Å². The van der Waals surface area contributed by atoms with Crippen molar-refractivity contribution in [3.8, 4) is 22.3 Å². The van der Waals surface area contributed by atoms with Crippen LogP contribution in [-0.4, -0.2) is 0 Å². The molecule has 8 aromatic rings. The van der Waals surface area contributed by atoms with Crippen molar-refractivity contribution in [2.45, 2.75) is 18.5 Å². The lowest BCUT2D eigenvalue weighted by Gasteiger charge is -2.31. The van der Waals surface area contributed by atoms with E-state index in [4.69, 9.17) is 0 Å². The molecule has 8 aromatic carbocycles. The molecule has 1 unspecified atom stereocenters. The Balaban J connectivity index is 1.26. The number of benzene rings is 8. The van der Waals surface area contributed by atoms with E-state index < -0.39 is 0 Å². The minimum Gasteiger partial charge on any atom is -0.309 e. The van der Waals surface area contributed by atoms with Gasteiger partial charge in [0.15, 0.2) is 0 Å². The fourth-order valence-corrected chi connectivity index (χ4v) is 8.64. The first-order valence-corrected chi connectivity index (χ1v) is 16.3. The summed E-state index contributed by atoms with van der Waals surface area (Å²) in [7, 11) is 0. The average molecular weight is 586 g/mol. The molecule has 0 saturated carbocycles. The molecule has 0 amide bonds. The standard InChI is InChI=1S/C45H31N/c1-2-12-29(13-3-1)27-46-28-30-22-23-37-35-18-8-10-20-41(35)45(43(37)24-30)42-21-11-9-19-36(42)40-25-38-33-16-6-4-14-31(33)32-15-5-7-17-34(32)39(38)26-44(40)45/h1-26,46H,27-28H2. The van der Waals surface area contributed by atoms with E-state index in [0.717, 1.165) is 13.1 Å². The fourth-order valence-electron chi connectivity index (χ4n) is 8.64. The molecule has 0 heterocycles. The van der Waals surface area contributed by atoms with E-state index in [0.29, 0.717) is 0 Å². The topological polar surface area (TPSA) is 12.0 Å². The Kier molecular flexibility index (Phi) is 5.47. The maximum atomic E-state index is 3.71. The summed E-state index contributed by atoms with van der Waals surface area (Å²) in [4.78, 5) is 0. The van der Waals surface area contributed by atoms with Crippen LogP contribution in [0.15, 0.2) is 158 Å². The summed E-state index contributed by atoms with van der Waals surface area (Å²) in [5.74, 6) is 0. The quantitative estimate of drug-likeness (QED) is 0.203. The third kappa shape index (κ3) is 3.44. The van der Waals surface area contributed by atoms with E-state index in [9.17, 15) is 0 Å². The fraction of sp³-hybridized carbons (Fsp3) is 0.0667. The molecule has 1 atom stereocenters. The van der Waals surface area contributed by atoms with Crippen LogP contribution in [-0.2, 0) is 18.5 Å². The van der Waals surface area contributed by atoms with Gasteiger partial charge in [-0.05, 0) is 100 Å². The Hall–Kier alpha value is -5.50. The minimum atomic E-state index is -0.381. The van der Waals surface area contributed by atoms with Crippen molar-refractivity contribution < 1.29 is 0 Å². The number of nitrogens with one attached hydrogen (secondary N) is 1. The van der Waals surface area contributed by atoms with Crippen LogP contribution in [0.4, 0.5) is 0 Å². The van der Waals surface area contributed by atoms with Gasteiger partial charge in [0, 0.05) is 13.1 Å². The third-order valence-electron chi connectivity index (χ3n) is 10.5. The lowest BCUT2D eigenvalue weighted by Crippen LogP contribution is -2.26. The molecule has 46 heavy (non-hydrogen) atoms. The lowest BCUT2D eigenvalue weighted by atomic mass is 9.70. The van der Waals surface area contributed by atoms with Crippen molar-refractivity contribution in [2.75, 3.05) is 0 Å². The van der Waals surface area contributed by atoms with Crippen LogP contribution in [0.1, 0.15) is 33.4 Å². The van der Waals surface area contributed by atoms with E-state index in [1.807, 2.05) is 0 Å². The highest BCUT2D eigenvalue weighted by Gasteiger charge is 2.51. The molecule has 0 fully saturated rings. The van der Waals surface area contributed by atoms with Gasteiger partial charge in [0.2, 0.25) is 0 Å². The van der Waals surface area contributed by atoms with Gasteiger partial charge in [0.05, 0.1) is 5.41 Å². The van der Waals surface area contributed by atoms with Gasteiger partial charge in [0.1, 0.15) is 0 Å². The first kappa shape index (κ1) is 25.8. The number of rotatable bonds is 4. The van der Waals surface area contributed by atoms with E-state index in [-0.39, 0.29) is 5.41 Å². The summed E-state index contributed by atoms with van der Waals surface area (Å²) in [6.45, 7) is 1.67. The van der Waals surface area contributed by atoms with Gasteiger partial charge < -0.3 is 5.32 Å². The van der Waals surface area contributed by atoms with E-state index in [2.05, 4.69) is 163 Å². The normalized spacial score (nSPS) is 15.7. The zero-order chi connectivity index (χ0) is 30.2. The Labute approximate surface area is 268 Å². The van der Waals surface area contributed by atoms with E-state index in [1.54, 1.807) is 0 Å². The van der Waals surface area contributed by atoms with Crippen LogP contribution in [0, 0.1) is 0 Å². The van der Waals surface area contributed by atoms with Gasteiger partial charge in [-0.25, -0.2) is 0 Å². The minimum absolute atomic E-state index is 0.381. The number of fused-ring (bicyclic) bond motifs is 16. The zero-order valence-electron chi connectivity index (χ0n) is 25.4. The zero-order valence-corrected chi connectivity index (χ0v) is 25.4. The highest BCUT2D eigenvalue weighted by molar-refractivity contribution is 6.26. The van der Waals surface area contributed by atoms with Crippen LogP contribution in [0.3, 0.4) is 0 Å². The maximum absolute atomic E-state index is 3.71. The molecule has 10 rings (SSSR count). The Bertz CT molecular complexity index is 2510. The van der Waals surface area contributed by atoms with Crippen molar-refractivity contribution in [2.24, 2.45) is 0 Å². The van der Waals surface area contributed by atoms with Gasteiger partial charge in [-0.3, -0.25) is 0 Å². The van der Waals surface area contributed by atoms with Crippen molar-refractivity contribution in [1.29, 1.82) is 0 Å². The molecule has 2 aliphatic carbocycles. The third-order valence-corrected chi connectivity index (χ3v) is 10.5. The smallest absolute Gasteiger partial charge is 0.0725 e. The van der Waals surface area contributed by atoms with Crippen molar-refractivity contribution in [1.82, 2.24) is 5.32 Å². The SMILES string of the molecule is c1ccc(CNCc2ccc3c(c2)C2(c4ccccc4-3)c3ccccc3-c3cc4c5ccccc5c5ccccc5c4cc32)cc1. The lowest BCUT2D eigenvalue weighted by molar-refractivity contribution is 0.691. The van der Waals surface area contributed by atoms with E-state index >= 15 is 0 Å². The second-order valence-corrected chi connectivity index (χ2v) is 12.8. The summed E-state index contributed by atoms with van der Waals surface area (Å²) < 4.78 is 0. The average Bonchev–Trinajstić information content (AvgIpc) is 3.58. The summed E-state index contributed by atoms with van der Waals surface area (Å²) in [6.07, 6.45) is 0. The molecular formula is C45H31N. The molecule has 1 N–H and O–H groups in total. The first-order chi connectivity index (χ1) is 22.8. The van der Waals surface area contributed by atoms with E-state index in [1.165, 1.54) is 88.0 Å². The molecule has 216 valence electrons. The van der Waals surface area contributed by atoms with Crippen LogP contribution in [0.2, 0.25) is 0 Å². The maximum Gasteiger partial charge on any atom is 0.0725 e. The molecule has 0 bridgehead atoms. The molecule has 1 nitrogen and oxygen atoms in total. The predicted octanol–water partition coefficient (Wildman–Crippen LogP) is 10.8. The molecule has 0 aliphatic heterocycles. The monoisotopic (exact) mass is 585 g/mol. The molecule has 0 radical (unpaired) electrons. The molecule has 0 aromatic heterocycles. The van der Waals surface area contributed by atoms with Gasteiger partial charge in [-0.15, -0.1) is 0 Å². The number of hydrogen-bond donors (Lipinski definition) is 1. The van der Waals surface area contributed by atoms with Gasteiger partial charge in [-0.2, -0.15) is 0 Å². The van der Waals surface area contributed by atoms with Crippen molar-refractivity contribution in [3.05, 3.63) is 191 Å². The summed E-state index contributed by atoms with van der Waals surface area (Å²) >= 11 is 0. The molecule has 1 heteroatoms. The Morgan fingerprint density at radius 3 is 1.48 bits per heavy atom. The first-order valence-electron chi connectivity index (χ1n) is 16.3. The highest BCUT2D eigenvalue weighted by atomic mass is 14.8. The van der Waals surface area contributed by atoms with Crippen molar-refractivity contribution >= 4 is 32.3 Å². The van der Waals surface area contributed by atoms with Crippen LogP contribution in [0.25, 0.3) is 54.6 Å². The van der Waals surface area contributed by atoms with Crippen molar-refractivity contribution in [3.63, 3.8) is 0 Å². The predicted molar refractivity (Wildman–Crippen MR) is 192 cm³/mol. The van der Waals surface area contributed by atoms with Gasteiger partial charge in [0.25, 0.3) is 0 Å². The largest absolute Gasteiger partial charge is 0.309 e. The van der Waals surface area contributed by atoms with Crippen LogP contribution < -0.4 is 5.32 Å². The molecule has 0 saturated heterocycles. The highest BCUT2D eigenvalue weighted by Crippen LogP contribution is 2.63. The molecular weight excluding hydrogens is 555 g/mol. The summed E-state index contributed by atoms with van der Waals surface area (Å²) in [5.41, 5.74) is 13.2.